The van der Waals surface area contributed by atoms with E-state index < -0.39 is 0 Å². The van der Waals surface area contributed by atoms with Crippen LogP contribution in [0.5, 0.6) is 5.75 Å². The molecule has 2 heterocycles. The first-order chi connectivity index (χ1) is 7.74. The number of aromatic nitrogens is 3. The minimum atomic E-state index is 0.200. The maximum atomic E-state index is 9.44. The summed E-state index contributed by atoms with van der Waals surface area (Å²) in [6.45, 7) is 1.77. The third-order valence-electron chi connectivity index (χ3n) is 2.40. The van der Waals surface area contributed by atoms with Crippen molar-refractivity contribution in [2.45, 2.75) is 6.92 Å². The highest BCUT2D eigenvalue weighted by Crippen LogP contribution is 2.28. The fourth-order valence-corrected chi connectivity index (χ4v) is 1.66. The molecular formula is C11H9N3O2. The Morgan fingerprint density at radius 3 is 3.00 bits per heavy atom. The summed E-state index contributed by atoms with van der Waals surface area (Å²) in [6.07, 6.45) is 1.62. The average Bonchev–Trinajstić information content (AvgIpc) is 2.83. The largest absolute Gasteiger partial charge is 0.508 e. The summed E-state index contributed by atoms with van der Waals surface area (Å²) in [6, 6.07) is 5.02. The first kappa shape index (κ1) is 8.96. The van der Waals surface area contributed by atoms with Crippen LogP contribution in [0.4, 0.5) is 0 Å². The number of hydrogen-bond donors (Lipinski definition) is 2. The molecular weight excluding hydrogens is 206 g/mol. The lowest BCUT2D eigenvalue weighted by Gasteiger charge is -1.93. The second-order valence-electron chi connectivity index (χ2n) is 3.55. The molecule has 16 heavy (non-hydrogen) atoms. The SMILES string of the molecule is Cc1ncc(-c2n[nH]c3ccc(O)cc23)o1. The van der Waals surface area contributed by atoms with Gasteiger partial charge in [0, 0.05) is 12.3 Å². The molecule has 2 N–H and O–H groups in total. The average molecular weight is 215 g/mol. The normalized spacial score (nSPS) is 11.1. The van der Waals surface area contributed by atoms with Gasteiger partial charge in [0.25, 0.3) is 0 Å². The van der Waals surface area contributed by atoms with E-state index in [9.17, 15) is 5.11 Å². The molecule has 0 saturated carbocycles. The number of hydrogen-bond acceptors (Lipinski definition) is 4. The molecule has 3 aromatic rings. The van der Waals surface area contributed by atoms with E-state index in [-0.39, 0.29) is 5.75 Å². The van der Waals surface area contributed by atoms with Crippen LogP contribution >= 0.6 is 0 Å². The summed E-state index contributed by atoms with van der Waals surface area (Å²) in [7, 11) is 0. The van der Waals surface area contributed by atoms with Gasteiger partial charge in [-0.1, -0.05) is 0 Å². The van der Waals surface area contributed by atoms with Crippen LogP contribution in [-0.2, 0) is 0 Å². The number of benzene rings is 1. The number of aromatic hydroxyl groups is 1. The van der Waals surface area contributed by atoms with Crippen LogP contribution in [0.3, 0.4) is 0 Å². The van der Waals surface area contributed by atoms with Gasteiger partial charge in [-0.25, -0.2) is 4.98 Å². The molecule has 0 aliphatic carbocycles. The standard InChI is InChI=1S/C11H9N3O2/c1-6-12-5-10(16-6)11-8-4-7(15)2-3-9(8)13-14-11/h2-5,15H,1H3,(H,13,14). The molecule has 3 rings (SSSR count). The number of aromatic amines is 1. The van der Waals surface area contributed by atoms with E-state index in [2.05, 4.69) is 15.2 Å². The topological polar surface area (TPSA) is 74.9 Å². The maximum absolute atomic E-state index is 9.44. The molecule has 0 atom stereocenters. The highest BCUT2D eigenvalue weighted by molar-refractivity contribution is 5.92. The van der Waals surface area contributed by atoms with Gasteiger partial charge in [-0.05, 0) is 18.2 Å². The number of phenols is 1. The lowest BCUT2D eigenvalue weighted by Crippen LogP contribution is -1.74. The number of phenolic OH excluding ortho intramolecular Hbond substituents is 1. The van der Waals surface area contributed by atoms with Crippen LogP contribution in [-0.4, -0.2) is 20.3 Å². The summed E-state index contributed by atoms with van der Waals surface area (Å²) >= 11 is 0. The number of rotatable bonds is 1. The van der Waals surface area contributed by atoms with Crippen molar-refractivity contribution in [1.29, 1.82) is 0 Å². The van der Waals surface area contributed by atoms with Crippen LogP contribution in [0.1, 0.15) is 5.89 Å². The Morgan fingerprint density at radius 2 is 2.25 bits per heavy atom. The molecule has 5 nitrogen and oxygen atoms in total. The van der Waals surface area contributed by atoms with Gasteiger partial charge >= 0.3 is 0 Å². The van der Waals surface area contributed by atoms with E-state index in [4.69, 9.17) is 4.42 Å². The molecule has 0 amide bonds. The lowest BCUT2D eigenvalue weighted by atomic mass is 10.2. The summed E-state index contributed by atoms with van der Waals surface area (Å²) in [4.78, 5) is 4.02. The van der Waals surface area contributed by atoms with Crippen LogP contribution < -0.4 is 0 Å². The Balaban J connectivity index is 2.27. The van der Waals surface area contributed by atoms with Crippen LogP contribution in [0, 0.1) is 6.92 Å². The van der Waals surface area contributed by atoms with Crippen molar-refractivity contribution in [1.82, 2.24) is 15.2 Å². The highest BCUT2D eigenvalue weighted by atomic mass is 16.4. The van der Waals surface area contributed by atoms with Crippen molar-refractivity contribution in [2.75, 3.05) is 0 Å². The molecule has 2 aromatic heterocycles. The van der Waals surface area contributed by atoms with Gasteiger partial charge in [-0.15, -0.1) is 0 Å². The zero-order valence-corrected chi connectivity index (χ0v) is 8.56. The van der Waals surface area contributed by atoms with Gasteiger partial charge in [0.05, 0.1) is 11.7 Å². The minimum absolute atomic E-state index is 0.200. The molecule has 5 heteroatoms. The fourth-order valence-electron chi connectivity index (χ4n) is 1.66. The van der Waals surface area contributed by atoms with Crippen molar-refractivity contribution >= 4 is 10.9 Å². The Bertz CT molecular complexity index is 654. The third kappa shape index (κ3) is 1.25. The summed E-state index contributed by atoms with van der Waals surface area (Å²) < 4.78 is 5.40. The van der Waals surface area contributed by atoms with Gasteiger partial charge < -0.3 is 9.52 Å². The fraction of sp³-hybridized carbons (Fsp3) is 0.0909. The highest BCUT2D eigenvalue weighted by Gasteiger charge is 2.12. The zero-order chi connectivity index (χ0) is 11.1. The second-order valence-corrected chi connectivity index (χ2v) is 3.55. The number of nitrogens with zero attached hydrogens (tertiary/aromatic N) is 2. The van der Waals surface area contributed by atoms with E-state index in [1.807, 2.05) is 0 Å². The third-order valence-corrected chi connectivity index (χ3v) is 2.40. The first-order valence-corrected chi connectivity index (χ1v) is 4.84. The van der Waals surface area contributed by atoms with Crippen molar-refractivity contribution in [3.63, 3.8) is 0 Å². The van der Waals surface area contributed by atoms with Gasteiger partial charge in [-0.2, -0.15) is 5.10 Å². The number of oxazole rings is 1. The molecule has 0 aliphatic rings. The quantitative estimate of drug-likeness (QED) is 0.652. The van der Waals surface area contributed by atoms with Crippen molar-refractivity contribution in [3.8, 4) is 17.2 Å². The zero-order valence-electron chi connectivity index (χ0n) is 8.56. The van der Waals surface area contributed by atoms with E-state index in [1.165, 1.54) is 0 Å². The molecule has 0 spiro atoms. The van der Waals surface area contributed by atoms with Crippen LogP contribution in [0.2, 0.25) is 0 Å². The summed E-state index contributed by atoms with van der Waals surface area (Å²) in [5.74, 6) is 1.38. The predicted octanol–water partition coefficient (Wildman–Crippen LogP) is 2.23. The molecule has 0 saturated heterocycles. The number of fused-ring (bicyclic) bond motifs is 1. The Morgan fingerprint density at radius 1 is 1.38 bits per heavy atom. The monoisotopic (exact) mass is 215 g/mol. The molecule has 0 radical (unpaired) electrons. The molecule has 0 bridgehead atoms. The van der Waals surface area contributed by atoms with Crippen LogP contribution in [0.25, 0.3) is 22.4 Å². The smallest absolute Gasteiger partial charge is 0.191 e. The molecule has 1 aromatic carbocycles. The minimum Gasteiger partial charge on any atom is -0.508 e. The van der Waals surface area contributed by atoms with Gasteiger partial charge in [0.1, 0.15) is 11.4 Å². The number of nitrogens with one attached hydrogen (secondary N) is 1. The van der Waals surface area contributed by atoms with Gasteiger partial charge in [-0.3, -0.25) is 5.10 Å². The Labute approximate surface area is 90.7 Å². The van der Waals surface area contributed by atoms with E-state index in [0.29, 0.717) is 17.3 Å². The lowest BCUT2D eigenvalue weighted by molar-refractivity contribution is 0.476. The summed E-state index contributed by atoms with van der Waals surface area (Å²) in [5.41, 5.74) is 1.51. The molecule has 0 unspecified atom stereocenters. The van der Waals surface area contributed by atoms with Crippen molar-refractivity contribution in [2.24, 2.45) is 0 Å². The maximum Gasteiger partial charge on any atom is 0.191 e. The van der Waals surface area contributed by atoms with Crippen molar-refractivity contribution < 1.29 is 9.52 Å². The van der Waals surface area contributed by atoms with Gasteiger partial charge in [0.2, 0.25) is 0 Å². The Kier molecular flexibility index (Phi) is 1.73. The van der Waals surface area contributed by atoms with E-state index >= 15 is 0 Å². The predicted molar refractivity (Wildman–Crippen MR) is 58.0 cm³/mol. The molecule has 0 aliphatic heterocycles. The van der Waals surface area contributed by atoms with Gasteiger partial charge in [0.15, 0.2) is 11.7 Å². The molecule has 0 fully saturated rings. The first-order valence-electron chi connectivity index (χ1n) is 4.84. The van der Waals surface area contributed by atoms with Crippen molar-refractivity contribution in [3.05, 3.63) is 30.3 Å². The molecule has 80 valence electrons. The van der Waals surface area contributed by atoms with Crippen LogP contribution in [0.15, 0.2) is 28.8 Å². The second kappa shape index (κ2) is 3.10. The Hall–Kier alpha value is -2.30. The van der Waals surface area contributed by atoms with E-state index in [1.54, 1.807) is 31.3 Å². The number of aryl methyl sites for hydroxylation is 1. The summed E-state index contributed by atoms with van der Waals surface area (Å²) in [5, 5.41) is 17.3. The van der Waals surface area contributed by atoms with E-state index in [0.717, 1.165) is 10.9 Å². The number of H-pyrrole nitrogens is 1.